The van der Waals surface area contributed by atoms with E-state index in [0.717, 1.165) is 6.08 Å². The van der Waals surface area contributed by atoms with E-state index >= 15 is 0 Å². The molecule has 0 aromatic carbocycles. The number of aliphatic carboxylic acids is 1. The van der Waals surface area contributed by atoms with Crippen molar-refractivity contribution < 1.29 is 29.3 Å². The van der Waals surface area contributed by atoms with E-state index in [1.807, 2.05) is 0 Å². The van der Waals surface area contributed by atoms with Gasteiger partial charge in [0.2, 0.25) is 0 Å². The molecule has 0 aromatic rings. The second-order valence-electron chi connectivity index (χ2n) is 2.84. The fourth-order valence-corrected chi connectivity index (χ4v) is 0.184. The molecule has 0 heterocycles. The topological polar surface area (TPSA) is 89.9 Å². The first kappa shape index (κ1) is 17.0. The summed E-state index contributed by atoms with van der Waals surface area (Å²) >= 11 is 0. The molecule has 17 heavy (non-hydrogen) atoms. The normalized spacial score (nSPS) is 7.88. The van der Waals surface area contributed by atoms with E-state index in [9.17, 15) is 14.4 Å². The first-order chi connectivity index (χ1) is 7.72. The van der Waals surface area contributed by atoms with Gasteiger partial charge in [0.15, 0.2) is 0 Å². The van der Waals surface area contributed by atoms with Crippen LogP contribution < -0.4 is 0 Å². The Labute approximate surface area is 98.8 Å². The summed E-state index contributed by atoms with van der Waals surface area (Å²) in [5, 5.41) is 7.89. The molecule has 0 aliphatic heterocycles. The molecule has 0 fully saturated rings. The van der Waals surface area contributed by atoms with Crippen LogP contribution in [0, 0.1) is 0 Å². The number of rotatable bonds is 3. The predicted molar refractivity (Wildman–Crippen MR) is 59.6 cm³/mol. The van der Waals surface area contributed by atoms with E-state index in [1.165, 1.54) is 13.8 Å². The van der Waals surface area contributed by atoms with Crippen LogP contribution in [-0.4, -0.2) is 23.0 Å². The molecule has 0 aliphatic carbocycles. The Balaban J connectivity index is 0. The Hall–Kier alpha value is -2.37. The largest absolute Gasteiger partial charge is 0.478 e. The highest BCUT2D eigenvalue weighted by Gasteiger charge is 2.06. The molecule has 94 valence electrons. The van der Waals surface area contributed by atoms with Gasteiger partial charge in [-0.1, -0.05) is 19.7 Å². The van der Waals surface area contributed by atoms with Gasteiger partial charge in [-0.3, -0.25) is 0 Å². The Kier molecular flexibility index (Phi) is 8.92. The van der Waals surface area contributed by atoms with Crippen LogP contribution in [0.15, 0.2) is 37.0 Å². The number of hydrogen-bond donors (Lipinski definition) is 1. The highest BCUT2D eigenvalue weighted by molar-refractivity contribution is 5.88. The lowest BCUT2D eigenvalue weighted by Crippen LogP contribution is -2.09. The predicted octanol–water partition coefficient (Wildman–Crippen LogP) is 1.40. The first-order valence-corrected chi connectivity index (χ1v) is 4.31. The highest BCUT2D eigenvalue weighted by Crippen LogP contribution is 1.92. The van der Waals surface area contributed by atoms with Crippen molar-refractivity contribution in [3.8, 4) is 0 Å². The van der Waals surface area contributed by atoms with Crippen molar-refractivity contribution in [3.05, 3.63) is 37.0 Å². The molecular formula is C11H14O6. The monoisotopic (exact) mass is 242 g/mol. The van der Waals surface area contributed by atoms with Crippen molar-refractivity contribution in [2.45, 2.75) is 13.8 Å². The number of carbonyl (C=O) groups is 3. The van der Waals surface area contributed by atoms with Gasteiger partial charge in [0.05, 0.1) is 0 Å². The van der Waals surface area contributed by atoms with Crippen LogP contribution in [0.2, 0.25) is 0 Å². The Morgan fingerprint density at radius 1 is 1.06 bits per heavy atom. The minimum atomic E-state index is -0.935. The van der Waals surface area contributed by atoms with Gasteiger partial charge in [0.1, 0.15) is 0 Å². The maximum absolute atomic E-state index is 10.5. The molecule has 0 rings (SSSR count). The molecule has 0 radical (unpaired) electrons. The molecule has 0 saturated carbocycles. The van der Waals surface area contributed by atoms with E-state index < -0.39 is 17.9 Å². The molecule has 0 bridgehead atoms. The Morgan fingerprint density at radius 2 is 1.47 bits per heavy atom. The zero-order chi connectivity index (χ0) is 14.0. The van der Waals surface area contributed by atoms with Gasteiger partial charge >= 0.3 is 17.9 Å². The van der Waals surface area contributed by atoms with Crippen molar-refractivity contribution in [2.24, 2.45) is 0 Å². The second-order valence-corrected chi connectivity index (χ2v) is 2.84. The average Bonchev–Trinajstić information content (AvgIpc) is 2.25. The van der Waals surface area contributed by atoms with E-state index in [0.29, 0.717) is 0 Å². The molecule has 1 N–H and O–H groups in total. The first-order valence-electron chi connectivity index (χ1n) is 4.31. The number of carbonyl (C=O) groups excluding carboxylic acids is 2. The van der Waals surface area contributed by atoms with Gasteiger partial charge in [0, 0.05) is 17.2 Å². The van der Waals surface area contributed by atoms with Gasteiger partial charge in [-0.15, -0.1) is 0 Å². The van der Waals surface area contributed by atoms with Gasteiger partial charge in [-0.05, 0) is 13.8 Å². The molecule has 6 nitrogen and oxygen atoms in total. The molecule has 0 spiro atoms. The van der Waals surface area contributed by atoms with Crippen molar-refractivity contribution in [2.75, 3.05) is 0 Å². The molecule has 0 aliphatic rings. The van der Waals surface area contributed by atoms with Crippen LogP contribution in [-0.2, 0) is 24.2 Å². The lowest BCUT2D eigenvalue weighted by molar-refractivity contribution is -0.251. The van der Waals surface area contributed by atoms with E-state index in [1.54, 1.807) is 0 Å². The van der Waals surface area contributed by atoms with Crippen LogP contribution >= 0.6 is 0 Å². The minimum Gasteiger partial charge on any atom is -0.478 e. The summed E-state index contributed by atoms with van der Waals surface area (Å²) in [6.45, 7) is 12.4. The Bertz CT molecular complexity index is 341. The van der Waals surface area contributed by atoms with Crippen LogP contribution in [0.5, 0.6) is 0 Å². The number of carboxylic acid groups (broad SMARTS) is 1. The van der Waals surface area contributed by atoms with Crippen molar-refractivity contribution in [1.82, 2.24) is 0 Å². The van der Waals surface area contributed by atoms with E-state index in [2.05, 4.69) is 29.5 Å². The van der Waals surface area contributed by atoms with Crippen LogP contribution in [0.3, 0.4) is 0 Å². The van der Waals surface area contributed by atoms with Crippen molar-refractivity contribution >= 4 is 17.9 Å². The quantitative estimate of drug-likeness (QED) is 0.457. The number of hydrogen-bond acceptors (Lipinski definition) is 5. The standard InChI is InChI=1S/C7H8O4.C4H6O2/c1-4-6(8)10-11-7(9)5(2)3;1-3(2)4(5)6/h4H,1-2H2,3H3;1H2,2H3,(H,5,6). The van der Waals surface area contributed by atoms with Gasteiger partial charge in [-0.25, -0.2) is 24.2 Å². The SMILES string of the molecule is C=C(C)C(=O)O.C=CC(=O)OOC(=O)C(=C)C. The third-order valence-corrected chi connectivity index (χ3v) is 1.08. The average molecular weight is 242 g/mol. The van der Waals surface area contributed by atoms with Gasteiger partial charge < -0.3 is 5.11 Å². The minimum absolute atomic E-state index is 0.155. The maximum atomic E-state index is 10.5. The smallest absolute Gasteiger partial charge is 0.381 e. The molecule has 6 heteroatoms. The summed E-state index contributed by atoms with van der Waals surface area (Å²) in [6.07, 6.45) is 0.881. The second kappa shape index (κ2) is 8.90. The van der Waals surface area contributed by atoms with E-state index in [4.69, 9.17) is 5.11 Å². The molecular weight excluding hydrogens is 228 g/mol. The maximum Gasteiger partial charge on any atom is 0.381 e. The third kappa shape index (κ3) is 11.6. The zero-order valence-corrected chi connectivity index (χ0v) is 9.69. The van der Waals surface area contributed by atoms with Crippen LogP contribution in [0.25, 0.3) is 0 Å². The third-order valence-electron chi connectivity index (χ3n) is 1.08. The van der Waals surface area contributed by atoms with Crippen molar-refractivity contribution in [3.63, 3.8) is 0 Å². The van der Waals surface area contributed by atoms with Gasteiger partial charge in [0.25, 0.3) is 0 Å². The summed E-state index contributed by atoms with van der Waals surface area (Å²) in [6, 6.07) is 0. The molecule has 0 aromatic heterocycles. The molecule has 0 atom stereocenters. The summed E-state index contributed by atoms with van der Waals surface area (Å²) < 4.78 is 0. The van der Waals surface area contributed by atoms with Crippen molar-refractivity contribution in [1.29, 1.82) is 0 Å². The molecule has 0 saturated heterocycles. The zero-order valence-electron chi connectivity index (χ0n) is 9.69. The van der Waals surface area contributed by atoms with Gasteiger partial charge in [-0.2, -0.15) is 0 Å². The highest BCUT2D eigenvalue weighted by atomic mass is 17.2. The van der Waals surface area contributed by atoms with Crippen LogP contribution in [0.1, 0.15) is 13.8 Å². The molecule has 0 amide bonds. The van der Waals surface area contributed by atoms with E-state index in [-0.39, 0.29) is 11.1 Å². The van der Waals surface area contributed by atoms with Crippen LogP contribution in [0.4, 0.5) is 0 Å². The fraction of sp³-hybridized carbons (Fsp3) is 0.182. The Morgan fingerprint density at radius 3 is 1.71 bits per heavy atom. The lowest BCUT2D eigenvalue weighted by Gasteiger charge is -1.98. The fourth-order valence-electron chi connectivity index (χ4n) is 0.184. The summed E-state index contributed by atoms with van der Waals surface area (Å²) in [7, 11) is 0. The molecule has 0 unspecified atom stereocenters. The summed E-state index contributed by atoms with van der Waals surface area (Å²) in [4.78, 5) is 38.4. The lowest BCUT2D eigenvalue weighted by atomic mass is 10.4. The summed E-state index contributed by atoms with van der Waals surface area (Å²) in [5.41, 5.74) is 0.330. The summed E-state index contributed by atoms with van der Waals surface area (Å²) in [5.74, 6) is -2.53. The number of carboxylic acids is 1.